The highest BCUT2D eigenvalue weighted by molar-refractivity contribution is 6.00. The summed E-state index contributed by atoms with van der Waals surface area (Å²) in [6.45, 7) is -0.0300. The molecular formula is C26H30F4N4O3. The van der Waals surface area contributed by atoms with Crippen molar-refractivity contribution in [2.24, 2.45) is 11.7 Å². The lowest BCUT2D eigenvalue weighted by Gasteiger charge is -2.33. The van der Waals surface area contributed by atoms with E-state index in [2.05, 4.69) is 5.32 Å². The minimum Gasteiger partial charge on any atom is -0.494 e. The van der Waals surface area contributed by atoms with E-state index in [0.717, 1.165) is 37.0 Å². The molecule has 1 fully saturated rings. The summed E-state index contributed by atoms with van der Waals surface area (Å²) >= 11 is 0. The number of ether oxygens (including phenoxy) is 1. The number of methoxy groups -OCH3 is 1. The fraction of sp³-hybridized carbons (Fsp3) is 0.423. The smallest absolute Gasteiger partial charge is 0.243 e. The van der Waals surface area contributed by atoms with E-state index in [1.807, 2.05) is 0 Å². The summed E-state index contributed by atoms with van der Waals surface area (Å²) < 4.78 is 60.4. The van der Waals surface area contributed by atoms with Gasteiger partial charge < -0.3 is 15.8 Å². The van der Waals surface area contributed by atoms with Crippen LogP contribution in [0.5, 0.6) is 5.75 Å². The number of hydrogen-bond donors (Lipinski definition) is 3. The lowest BCUT2D eigenvalue weighted by molar-refractivity contribution is -0.136. The predicted octanol–water partition coefficient (Wildman–Crippen LogP) is 4.17. The Bertz CT molecular complexity index is 1130. The van der Waals surface area contributed by atoms with Crippen molar-refractivity contribution >= 4 is 17.8 Å². The van der Waals surface area contributed by atoms with E-state index in [4.69, 9.17) is 15.9 Å². The molecule has 0 radical (unpaired) electrons. The van der Waals surface area contributed by atoms with Crippen molar-refractivity contribution in [3.63, 3.8) is 0 Å². The van der Waals surface area contributed by atoms with Gasteiger partial charge in [0.1, 0.15) is 23.5 Å². The molecule has 1 aliphatic rings. The number of nitrogens with one attached hydrogen (secondary N) is 2. The number of rotatable bonds is 9. The third-order valence-electron chi connectivity index (χ3n) is 6.54. The number of hydrogen-bond acceptors (Lipinski definition) is 4. The molecule has 200 valence electrons. The first-order valence-electron chi connectivity index (χ1n) is 12.0. The van der Waals surface area contributed by atoms with Gasteiger partial charge in [0.05, 0.1) is 13.5 Å². The molecule has 37 heavy (non-hydrogen) atoms. The first-order valence-corrected chi connectivity index (χ1v) is 12.0. The fourth-order valence-corrected chi connectivity index (χ4v) is 4.64. The van der Waals surface area contributed by atoms with Crippen LogP contribution in [0.15, 0.2) is 30.3 Å². The van der Waals surface area contributed by atoms with Crippen LogP contribution in [-0.4, -0.2) is 35.8 Å². The maximum Gasteiger partial charge on any atom is 0.243 e. The normalized spacial score (nSPS) is 14.6. The first-order chi connectivity index (χ1) is 17.6. The molecule has 7 nitrogen and oxygen atoms in total. The molecule has 1 atom stereocenters. The number of nitrogens with two attached hydrogens (primary N) is 1. The summed E-state index contributed by atoms with van der Waals surface area (Å²) in [5, 5.41) is 10.7. The lowest BCUT2D eigenvalue weighted by atomic mass is 9.84. The molecule has 4 N–H and O–H groups in total. The highest BCUT2D eigenvalue weighted by Gasteiger charge is 2.35. The van der Waals surface area contributed by atoms with Crippen molar-refractivity contribution in [1.29, 1.82) is 5.41 Å². The van der Waals surface area contributed by atoms with Crippen LogP contribution in [-0.2, 0) is 22.6 Å². The van der Waals surface area contributed by atoms with Crippen molar-refractivity contribution in [2.75, 3.05) is 7.11 Å². The summed E-state index contributed by atoms with van der Waals surface area (Å²) in [6, 6.07) is 3.75. The average molecular weight is 523 g/mol. The molecule has 1 aliphatic carbocycles. The van der Waals surface area contributed by atoms with Gasteiger partial charge in [0, 0.05) is 24.2 Å². The van der Waals surface area contributed by atoms with Crippen LogP contribution in [0.4, 0.5) is 17.6 Å². The number of nitrogens with zero attached hydrogens (tertiary/aromatic N) is 1. The number of guanidine groups is 1. The fourth-order valence-electron chi connectivity index (χ4n) is 4.64. The molecular weight excluding hydrogens is 492 g/mol. The molecule has 0 bridgehead atoms. The molecule has 0 aliphatic heterocycles. The van der Waals surface area contributed by atoms with Crippen molar-refractivity contribution in [3.05, 3.63) is 64.7 Å². The minimum absolute atomic E-state index is 0.00519. The van der Waals surface area contributed by atoms with E-state index in [1.165, 1.54) is 25.3 Å². The van der Waals surface area contributed by atoms with Crippen LogP contribution >= 0.6 is 0 Å². The number of benzene rings is 2. The van der Waals surface area contributed by atoms with Gasteiger partial charge in [-0.05, 0) is 30.0 Å². The topological polar surface area (TPSA) is 109 Å². The van der Waals surface area contributed by atoms with Gasteiger partial charge >= 0.3 is 0 Å². The standard InChI is InChI=1S/C26H30F4N4O3/c1-37-23-10-16(7-8-19(23)28)14-33-25(36)22(9-15-5-3-2-4-6-15)34(26(31)32)24(35)13-18-20(29)11-17(27)12-21(18)30/h7-8,10-12,15,22H,2-6,9,13-14H2,1H3,(H3,31,32)(H,33,36)/t22-/m1/s1. The second-order valence-corrected chi connectivity index (χ2v) is 9.12. The third-order valence-corrected chi connectivity index (χ3v) is 6.54. The molecule has 0 saturated heterocycles. The van der Waals surface area contributed by atoms with Crippen LogP contribution in [0.25, 0.3) is 0 Å². The van der Waals surface area contributed by atoms with Gasteiger partial charge in [-0.25, -0.2) is 17.6 Å². The van der Waals surface area contributed by atoms with Gasteiger partial charge in [-0.3, -0.25) is 19.9 Å². The summed E-state index contributed by atoms with van der Waals surface area (Å²) in [6.07, 6.45) is 3.93. The Kier molecular flexibility index (Phi) is 9.48. The van der Waals surface area contributed by atoms with Crippen LogP contribution in [0.2, 0.25) is 0 Å². The number of halogens is 4. The monoisotopic (exact) mass is 522 g/mol. The zero-order chi connectivity index (χ0) is 27.1. The van der Waals surface area contributed by atoms with Gasteiger partial charge in [0.25, 0.3) is 0 Å². The molecule has 3 rings (SSSR count). The maximum atomic E-state index is 14.2. The molecule has 0 heterocycles. The molecule has 11 heteroatoms. The maximum absolute atomic E-state index is 14.2. The molecule has 1 saturated carbocycles. The summed E-state index contributed by atoms with van der Waals surface area (Å²) in [5.41, 5.74) is 5.54. The molecule has 0 spiro atoms. The van der Waals surface area contributed by atoms with Gasteiger partial charge in [0.15, 0.2) is 17.5 Å². The predicted molar refractivity (Wildman–Crippen MR) is 129 cm³/mol. The molecule has 0 unspecified atom stereocenters. The zero-order valence-corrected chi connectivity index (χ0v) is 20.5. The Labute approximate surface area is 212 Å². The van der Waals surface area contributed by atoms with Gasteiger partial charge in [-0.2, -0.15) is 0 Å². The molecule has 2 aromatic carbocycles. The third kappa shape index (κ3) is 7.21. The SMILES string of the molecule is COc1cc(CNC(=O)[C@@H](CC2CCCCC2)N(C(=N)N)C(=O)Cc2c(F)cc(F)cc2F)ccc1F. The Morgan fingerprint density at radius 2 is 1.73 bits per heavy atom. The number of amides is 2. The molecule has 2 amide bonds. The van der Waals surface area contributed by atoms with E-state index < -0.39 is 59.1 Å². The van der Waals surface area contributed by atoms with Crippen LogP contribution < -0.4 is 15.8 Å². The average Bonchev–Trinajstić information content (AvgIpc) is 2.85. The van der Waals surface area contributed by atoms with Gasteiger partial charge in [-0.1, -0.05) is 38.2 Å². The van der Waals surface area contributed by atoms with E-state index in [0.29, 0.717) is 17.7 Å². The zero-order valence-electron chi connectivity index (χ0n) is 20.5. The van der Waals surface area contributed by atoms with Crippen LogP contribution in [0.3, 0.4) is 0 Å². The Hall–Kier alpha value is -3.63. The molecule has 0 aromatic heterocycles. The van der Waals surface area contributed by atoms with Gasteiger partial charge in [-0.15, -0.1) is 0 Å². The van der Waals surface area contributed by atoms with Crippen molar-refractivity contribution in [2.45, 2.75) is 57.5 Å². The molecule has 2 aromatic rings. The summed E-state index contributed by atoms with van der Waals surface area (Å²) in [7, 11) is 1.31. The van der Waals surface area contributed by atoms with E-state index in [9.17, 15) is 27.2 Å². The second-order valence-electron chi connectivity index (χ2n) is 9.12. The summed E-state index contributed by atoms with van der Waals surface area (Å²) in [4.78, 5) is 27.2. The van der Waals surface area contributed by atoms with E-state index >= 15 is 0 Å². The quantitative estimate of drug-likeness (QED) is 0.261. The lowest BCUT2D eigenvalue weighted by Crippen LogP contribution is -2.55. The number of carbonyl (C=O) groups is 2. The van der Waals surface area contributed by atoms with Crippen molar-refractivity contribution < 1.29 is 31.9 Å². The highest BCUT2D eigenvalue weighted by atomic mass is 19.1. The Morgan fingerprint density at radius 1 is 1.08 bits per heavy atom. The second kappa shape index (κ2) is 12.6. The minimum atomic E-state index is -1.26. The Balaban J connectivity index is 1.85. The van der Waals surface area contributed by atoms with Crippen molar-refractivity contribution in [3.8, 4) is 5.75 Å². The van der Waals surface area contributed by atoms with E-state index in [-0.39, 0.29) is 24.6 Å². The highest BCUT2D eigenvalue weighted by Crippen LogP contribution is 2.29. The Morgan fingerprint density at radius 3 is 2.32 bits per heavy atom. The van der Waals surface area contributed by atoms with Crippen LogP contribution in [0.1, 0.15) is 49.7 Å². The summed E-state index contributed by atoms with van der Waals surface area (Å²) in [5.74, 6) is -6.51. The largest absolute Gasteiger partial charge is 0.494 e. The van der Waals surface area contributed by atoms with E-state index in [1.54, 1.807) is 0 Å². The van der Waals surface area contributed by atoms with Crippen LogP contribution in [0, 0.1) is 34.6 Å². The van der Waals surface area contributed by atoms with Crippen molar-refractivity contribution in [1.82, 2.24) is 10.2 Å². The first kappa shape index (κ1) is 27.9. The van der Waals surface area contributed by atoms with Gasteiger partial charge in [0.2, 0.25) is 11.8 Å². The number of carbonyl (C=O) groups excluding carboxylic acids is 2.